The van der Waals surface area contributed by atoms with Gasteiger partial charge in [-0.3, -0.25) is 0 Å². The number of rotatable bonds is 3. The lowest BCUT2D eigenvalue weighted by atomic mass is 10.1. The zero-order chi connectivity index (χ0) is 12.5. The predicted octanol–water partition coefficient (Wildman–Crippen LogP) is 3.13. The number of nitrogens with one attached hydrogen (secondary N) is 1. The second kappa shape index (κ2) is 4.37. The van der Waals surface area contributed by atoms with Crippen LogP contribution in [0.1, 0.15) is 32.0 Å². The van der Waals surface area contributed by atoms with Gasteiger partial charge in [0, 0.05) is 12.1 Å². The molecule has 0 amide bonds. The molecule has 1 N–H and O–H groups in total. The van der Waals surface area contributed by atoms with E-state index in [2.05, 4.69) is 31.1 Å². The molecule has 0 radical (unpaired) electrons. The Bertz CT molecular complexity index is 491. The number of oxazole rings is 1. The summed E-state index contributed by atoms with van der Waals surface area (Å²) in [5.41, 5.74) is 1.98. The smallest absolute Gasteiger partial charge is 0.194 e. The second-order valence-electron chi connectivity index (χ2n) is 5.16. The number of aromatic nitrogens is 1. The maximum Gasteiger partial charge on any atom is 0.194 e. The van der Waals surface area contributed by atoms with E-state index in [0.29, 0.717) is 12.3 Å². The van der Waals surface area contributed by atoms with Crippen LogP contribution in [0.3, 0.4) is 0 Å². The summed E-state index contributed by atoms with van der Waals surface area (Å²) in [6.07, 6.45) is 3.12. The first kappa shape index (κ1) is 11.9. The van der Waals surface area contributed by atoms with Crippen molar-refractivity contribution in [3.8, 4) is 11.5 Å². The monoisotopic (exact) mass is 234 g/mol. The summed E-state index contributed by atoms with van der Waals surface area (Å²) in [5, 5.41) is 3.38. The SMILES string of the molecule is Cc1ccoc1-c1ocnc1CNC(C)(C)C. The van der Waals surface area contributed by atoms with Gasteiger partial charge in [0.05, 0.1) is 6.26 Å². The highest BCUT2D eigenvalue weighted by atomic mass is 16.4. The van der Waals surface area contributed by atoms with Crippen LogP contribution in [0.25, 0.3) is 11.5 Å². The van der Waals surface area contributed by atoms with E-state index in [-0.39, 0.29) is 5.54 Å². The topological polar surface area (TPSA) is 51.2 Å². The summed E-state index contributed by atoms with van der Waals surface area (Å²) < 4.78 is 10.8. The molecule has 0 fully saturated rings. The molecule has 2 rings (SSSR count). The first-order valence-electron chi connectivity index (χ1n) is 5.69. The van der Waals surface area contributed by atoms with Crippen LogP contribution in [0, 0.1) is 6.92 Å². The van der Waals surface area contributed by atoms with Gasteiger partial charge in [-0.15, -0.1) is 0 Å². The maximum absolute atomic E-state index is 5.42. The molecule has 17 heavy (non-hydrogen) atoms. The van der Waals surface area contributed by atoms with E-state index in [0.717, 1.165) is 17.0 Å². The minimum Gasteiger partial charge on any atom is -0.461 e. The minimum atomic E-state index is 0.0500. The van der Waals surface area contributed by atoms with Gasteiger partial charge in [0.2, 0.25) is 0 Å². The Balaban J connectivity index is 2.21. The van der Waals surface area contributed by atoms with Crippen molar-refractivity contribution in [1.82, 2.24) is 10.3 Å². The lowest BCUT2D eigenvalue weighted by molar-refractivity contribution is 0.420. The highest BCUT2D eigenvalue weighted by Gasteiger charge is 2.17. The Morgan fingerprint density at radius 2 is 2.00 bits per heavy atom. The second-order valence-corrected chi connectivity index (χ2v) is 5.16. The van der Waals surface area contributed by atoms with Gasteiger partial charge < -0.3 is 14.2 Å². The van der Waals surface area contributed by atoms with Gasteiger partial charge in [0.15, 0.2) is 17.9 Å². The lowest BCUT2D eigenvalue weighted by Gasteiger charge is -2.19. The molecule has 0 aliphatic rings. The number of hydrogen-bond acceptors (Lipinski definition) is 4. The van der Waals surface area contributed by atoms with E-state index in [1.807, 2.05) is 13.0 Å². The third kappa shape index (κ3) is 2.77. The van der Waals surface area contributed by atoms with Crippen molar-refractivity contribution in [2.75, 3.05) is 0 Å². The van der Waals surface area contributed by atoms with Crippen molar-refractivity contribution in [3.05, 3.63) is 30.0 Å². The van der Waals surface area contributed by atoms with Gasteiger partial charge in [-0.1, -0.05) is 0 Å². The lowest BCUT2D eigenvalue weighted by Crippen LogP contribution is -2.35. The summed E-state index contributed by atoms with van der Waals surface area (Å²) >= 11 is 0. The molecule has 0 aromatic carbocycles. The number of furan rings is 1. The fourth-order valence-corrected chi connectivity index (χ4v) is 1.53. The standard InChI is InChI=1S/C13H18N2O2/c1-9-5-6-16-11(9)12-10(14-8-17-12)7-15-13(2,3)4/h5-6,8,15H,7H2,1-4H3. The molecule has 0 bridgehead atoms. The Morgan fingerprint density at radius 1 is 1.24 bits per heavy atom. The third-order valence-electron chi connectivity index (χ3n) is 2.50. The summed E-state index contributed by atoms with van der Waals surface area (Å²) in [4.78, 5) is 4.23. The van der Waals surface area contributed by atoms with E-state index in [1.165, 1.54) is 6.39 Å². The molecule has 2 aromatic heterocycles. The Morgan fingerprint density at radius 3 is 2.59 bits per heavy atom. The molecule has 2 heterocycles. The van der Waals surface area contributed by atoms with Crippen LogP contribution in [0.15, 0.2) is 27.6 Å². The number of aryl methyl sites for hydroxylation is 1. The van der Waals surface area contributed by atoms with Gasteiger partial charge >= 0.3 is 0 Å². The summed E-state index contributed by atoms with van der Waals surface area (Å²) in [6, 6.07) is 1.92. The molecule has 0 unspecified atom stereocenters. The van der Waals surface area contributed by atoms with Crippen LogP contribution >= 0.6 is 0 Å². The van der Waals surface area contributed by atoms with Crippen molar-refractivity contribution in [1.29, 1.82) is 0 Å². The van der Waals surface area contributed by atoms with Crippen LogP contribution < -0.4 is 5.32 Å². The van der Waals surface area contributed by atoms with Crippen molar-refractivity contribution in [3.63, 3.8) is 0 Å². The average molecular weight is 234 g/mol. The normalized spacial score (nSPS) is 12.0. The van der Waals surface area contributed by atoms with Crippen molar-refractivity contribution in [2.24, 2.45) is 0 Å². The molecule has 92 valence electrons. The van der Waals surface area contributed by atoms with E-state index in [1.54, 1.807) is 6.26 Å². The molecule has 0 saturated carbocycles. The van der Waals surface area contributed by atoms with Gasteiger partial charge in [-0.25, -0.2) is 4.98 Å². The predicted molar refractivity (Wildman–Crippen MR) is 65.5 cm³/mol. The first-order chi connectivity index (χ1) is 7.97. The van der Waals surface area contributed by atoms with Gasteiger partial charge in [0.25, 0.3) is 0 Å². The number of hydrogen-bond donors (Lipinski definition) is 1. The van der Waals surface area contributed by atoms with E-state index < -0.39 is 0 Å². The van der Waals surface area contributed by atoms with E-state index >= 15 is 0 Å². The quantitative estimate of drug-likeness (QED) is 0.886. The van der Waals surface area contributed by atoms with Gasteiger partial charge in [-0.2, -0.15) is 0 Å². The molecule has 0 atom stereocenters. The average Bonchev–Trinajstić information content (AvgIpc) is 2.81. The molecule has 0 spiro atoms. The van der Waals surface area contributed by atoms with Crippen LogP contribution in [0.5, 0.6) is 0 Å². The molecule has 2 aromatic rings. The fourth-order valence-electron chi connectivity index (χ4n) is 1.53. The summed E-state index contributed by atoms with van der Waals surface area (Å²) in [6.45, 7) is 9.00. The zero-order valence-corrected chi connectivity index (χ0v) is 10.7. The Labute approximate surface area is 101 Å². The Hall–Kier alpha value is -1.55. The van der Waals surface area contributed by atoms with Crippen molar-refractivity contribution >= 4 is 0 Å². The van der Waals surface area contributed by atoms with E-state index in [4.69, 9.17) is 8.83 Å². The van der Waals surface area contributed by atoms with Crippen LogP contribution in [-0.2, 0) is 6.54 Å². The van der Waals surface area contributed by atoms with Gasteiger partial charge in [-0.05, 0) is 39.3 Å². The summed E-state index contributed by atoms with van der Waals surface area (Å²) in [7, 11) is 0. The molecule has 0 aliphatic heterocycles. The zero-order valence-electron chi connectivity index (χ0n) is 10.7. The highest BCUT2D eigenvalue weighted by molar-refractivity contribution is 5.56. The van der Waals surface area contributed by atoms with Crippen LogP contribution in [-0.4, -0.2) is 10.5 Å². The highest BCUT2D eigenvalue weighted by Crippen LogP contribution is 2.27. The van der Waals surface area contributed by atoms with Crippen molar-refractivity contribution in [2.45, 2.75) is 39.8 Å². The molecule has 4 heteroatoms. The minimum absolute atomic E-state index is 0.0500. The Kier molecular flexibility index (Phi) is 3.07. The number of nitrogens with zero attached hydrogens (tertiary/aromatic N) is 1. The molecule has 0 aliphatic carbocycles. The molecular weight excluding hydrogens is 216 g/mol. The molecule has 4 nitrogen and oxygen atoms in total. The first-order valence-corrected chi connectivity index (χ1v) is 5.69. The third-order valence-corrected chi connectivity index (χ3v) is 2.50. The van der Waals surface area contributed by atoms with Crippen molar-refractivity contribution < 1.29 is 8.83 Å². The van der Waals surface area contributed by atoms with Crippen LogP contribution in [0.2, 0.25) is 0 Å². The molecule has 0 saturated heterocycles. The van der Waals surface area contributed by atoms with E-state index in [9.17, 15) is 0 Å². The maximum atomic E-state index is 5.42. The molecular formula is C13H18N2O2. The van der Waals surface area contributed by atoms with Crippen LogP contribution in [0.4, 0.5) is 0 Å². The largest absolute Gasteiger partial charge is 0.461 e. The fraction of sp³-hybridized carbons (Fsp3) is 0.462. The summed E-state index contributed by atoms with van der Waals surface area (Å²) in [5.74, 6) is 1.47. The van der Waals surface area contributed by atoms with Gasteiger partial charge in [0.1, 0.15) is 5.69 Å².